The fourth-order valence-corrected chi connectivity index (χ4v) is 1.78. The minimum Gasteiger partial charge on any atom is -0.336 e. The van der Waals surface area contributed by atoms with Crippen molar-refractivity contribution in [1.82, 2.24) is 4.90 Å². The van der Waals surface area contributed by atoms with Crippen LogP contribution in [0.3, 0.4) is 0 Å². The molecule has 2 unspecified atom stereocenters. The average Bonchev–Trinajstić information content (AvgIpc) is 2.35. The first kappa shape index (κ1) is 14.7. The lowest BCUT2D eigenvalue weighted by molar-refractivity contribution is -0.137. The molecule has 0 heterocycles. The Morgan fingerprint density at radius 3 is 2.17 bits per heavy atom. The van der Waals surface area contributed by atoms with Crippen molar-refractivity contribution in [3.63, 3.8) is 0 Å². The maximum Gasteiger partial charge on any atom is 0.227 e. The number of hydrogen-bond acceptors (Lipinski definition) is 2. The van der Waals surface area contributed by atoms with E-state index in [-0.39, 0.29) is 23.9 Å². The highest BCUT2D eigenvalue weighted by molar-refractivity contribution is 5.79. The molecule has 2 N–H and O–H groups in total. The van der Waals surface area contributed by atoms with E-state index in [4.69, 9.17) is 5.73 Å². The highest BCUT2D eigenvalue weighted by Gasteiger charge is 2.25. The van der Waals surface area contributed by atoms with Crippen LogP contribution in [-0.4, -0.2) is 22.9 Å². The summed E-state index contributed by atoms with van der Waals surface area (Å²) in [6.07, 6.45) is 0. The molecule has 0 saturated carbocycles. The molecular weight excluding hydrogens is 224 g/mol. The van der Waals surface area contributed by atoms with Crippen LogP contribution in [0.5, 0.6) is 0 Å². The van der Waals surface area contributed by atoms with Gasteiger partial charge in [-0.3, -0.25) is 4.79 Å². The van der Waals surface area contributed by atoms with E-state index in [0.29, 0.717) is 6.54 Å². The molecule has 0 spiro atoms. The fourth-order valence-electron chi connectivity index (χ4n) is 1.78. The van der Waals surface area contributed by atoms with Crippen LogP contribution < -0.4 is 5.73 Å². The van der Waals surface area contributed by atoms with Crippen molar-refractivity contribution in [2.24, 2.45) is 11.7 Å². The van der Waals surface area contributed by atoms with Crippen LogP contribution in [0.1, 0.15) is 33.3 Å². The minimum absolute atomic E-state index is 0.116. The number of carbonyl (C=O) groups is 1. The number of rotatable bonds is 5. The van der Waals surface area contributed by atoms with Crippen LogP contribution in [0.2, 0.25) is 0 Å². The summed E-state index contributed by atoms with van der Waals surface area (Å²) in [5.74, 6) is -0.0139. The Morgan fingerprint density at radius 2 is 1.72 bits per heavy atom. The van der Waals surface area contributed by atoms with Gasteiger partial charge in [-0.2, -0.15) is 0 Å². The molecule has 0 aliphatic rings. The molecule has 2 atom stereocenters. The number of hydrogen-bond donors (Lipinski definition) is 1. The third-order valence-corrected chi connectivity index (χ3v) is 3.28. The number of nitrogens with zero attached hydrogens (tertiary/aromatic N) is 1. The van der Waals surface area contributed by atoms with Crippen LogP contribution >= 0.6 is 0 Å². The molecule has 3 heteroatoms. The lowest BCUT2D eigenvalue weighted by Gasteiger charge is -2.30. The summed E-state index contributed by atoms with van der Waals surface area (Å²) in [6, 6.07) is 10.1. The van der Waals surface area contributed by atoms with E-state index >= 15 is 0 Å². The summed E-state index contributed by atoms with van der Waals surface area (Å²) in [7, 11) is 0. The van der Waals surface area contributed by atoms with E-state index in [1.54, 1.807) is 0 Å². The second-order valence-corrected chi connectivity index (χ2v) is 5.19. The number of amides is 1. The average molecular weight is 248 g/mol. The fraction of sp³-hybridized carbons (Fsp3) is 0.533. The first-order valence-corrected chi connectivity index (χ1v) is 6.53. The SMILES string of the molecule is CC(N)C(C)C(=O)N(Cc1ccccc1)C(C)C. The van der Waals surface area contributed by atoms with Gasteiger partial charge in [0, 0.05) is 18.6 Å². The van der Waals surface area contributed by atoms with Crippen LogP contribution in [-0.2, 0) is 11.3 Å². The van der Waals surface area contributed by atoms with Gasteiger partial charge in [0.25, 0.3) is 0 Å². The molecule has 0 saturated heterocycles. The number of nitrogens with two attached hydrogens (primary N) is 1. The summed E-state index contributed by atoms with van der Waals surface area (Å²) in [4.78, 5) is 14.3. The maximum atomic E-state index is 12.4. The Morgan fingerprint density at radius 1 is 1.17 bits per heavy atom. The Hall–Kier alpha value is -1.35. The molecule has 1 aromatic rings. The molecule has 0 radical (unpaired) electrons. The van der Waals surface area contributed by atoms with Crippen molar-refractivity contribution in [3.8, 4) is 0 Å². The second kappa shape index (κ2) is 6.55. The Bertz CT molecular complexity index is 373. The van der Waals surface area contributed by atoms with Crippen LogP contribution in [0.25, 0.3) is 0 Å². The quantitative estimate of drug-likeness (QED) is 0.869. The first-order chi connectivity index (χ1) is 8.43. The monoisotopic (exact) mass is 248 g/mol. The van der Waals surface area contributed by atoms with Gasteiger partial charge in [0.05, 0.1) is 5.92 Å². The van der Waals surface area contributed by atoms with Crippen molar-refractivity contribution in [2.45, 2.75) is 46.3 Å². The molecule has 1 aromatic carbocycles. The van der Waals surface area contributed by atoms with Gasteiger partial charge in [0.2, 0.25) is 5.91 Å². The lowest BCUT2D eigenvalue weighted by atomic mass is 10.0. The zero-order valence-electron chi connectivity index (χ0n) is 11.8. The molecule has 0 aromatic heterocycles. The van der Waals surface area contributed by atoms with Crippen LogP contribution in [0.4, 0.5) is 0 Å². The third-order valence-electron chi connectivity index (χ3n) is 3.28. The Kier molecular flexibility index (Phi) is 5.35. The minimum atomic E-state index is -0.142. The van der Waals surface area contributed by atoms with Gasteiger partial charge in [-0.1, -0.05) is 37.3 Å². The summed E-state index contributed by atoms with van der Waals surface area (Å²) in [5.41, 5.74) is 6.97. The molecule has 0 aliphatic carbocycles. The summed E-state index contributed by atoms with van der Waals surface area (Å²) >= 11 is 0. The molecule has 100 valence electrons. The second-order valence-electron chi connectivity index (χ2n) is 5.19. The van der Waals surface area contributed by atoms with Gasteiger partial charge >= 0.3 is 0 Å². The summed E-state index contributed by atoms with van der Waals surface area (Å²) in [6.45, 7) is 8.49. The Balaban J connectivity index is 2.81. The molecule has 0 bridgehead atoms. The van der Waals surface area contributed by atoms with E-state index in [1.807, 2.05) is 62.9 Å². The van der Waals surface area contributed by atoms with E-state index < -0.39 is 0 Å². The zero-order chi connectivity index (χ0) is 13.7. The van der Waals surface area contributed by atoms with Crippen molar-refractivity contribution < 1.29 is 4.79 Å². The first-order valence-electron chi connectivity index (χ1n) is 6.53. The topological polar surface area (TPSA) is 46.3 Å². The lowest BCUT2D eigenvalue weighted by Crippen LogP contribution is -2.44. The number of carbonyl (C=O) groups excluding carboxylic acids is 1. The van der Waals surface area contributed by atoms with Crippen LogP contribution in [0, 0.1) is 5.92 Å². The van der Waals surface area contributed by atoms with E-state index in [9.17, 15) is 4.79 Å². The van der Waals surface area contributed by atoms with Gasteiger partial charge in [-0.25, -0.2) is 0 Å². The van der Waals surface area contributed by atoms with Gasteiger partial charge in [-0.15, -0.1) is 0 Å². The van der Waals surface area contributed by atoms with Gasteiger partial charge in [0.1, 0.15) is 0 Å². The third kappa shape index (κ3) is 3.84. The molecule has 18 heavy (non-hydrogen) atoms. The summed E-state index contributed by atoms with van der Waals surface area (Å²) < 4.78 is 0. The van der Waals surface area contributed by atoms with Gasteiger partial charge in [-0.05, 0) is 26.3 Å². The highest BCUT2D eigenvalue weighted by Crippen LogP contribution is 2.14. The van der Waals surface area contributed by atoms with Crippen molar-refractivity contribution in [2.75, 3.05) is 0 Å². The molecule has 0 fully saturated rings. The largest absolute Gasteiger partial charge is 0.336 e. The Labute approximate surface area is 110 Å². The maximum absolute atomic E-state index is 12.4. The molecule has 0 aliphatic heterocycles. The molecular formula is C15H24N2O. The molecule has 1 rings (SSSR count). The van der Waals surface area contributed by atoms with E-state index in [1.165, 1.54) is 0 Å². The standard InChI is InChI=1S/C15H24N2O/c1-11(2)17(15(18)12(3)13(4)16)10-14-8-6-5-7-9-14/h5-9,11-13H,10,16H2,1-4H3. The van der Waals surface area contributed by atoms with Gasteiger partial charge in [0.15, 0.2) is 0 Å². The van der Waals surface area contributed by atoms with Crippen molar-refractivity contribution >= 4 is 5.91 Å². The van der Waals surface area contributed by atoms with E-state index in [0.717, 1.165) is 5.56 Å². The normalized spacial score (nSPS) is 14.3. The predicted molar refractivity (Wildman–Crippen MR) is 74.9 cm³/mol. The van der Waals surface area contributed by atoms with Crippen molar-refractivity contribution in [3.05, 3.63) is 35.9 Å². The predicted octanol–water partition coefficient (Wildman–Crippen LogP) is 2.41. The zero-order valence-corrected chi connectivity index (χ0v) is 11.8. The molecule has 3 nitrogen and oxygen atoms in total. The number of benzene rings is 1. The highest BCUT2D eigenvalue weighted by atomic mass is 16.2. The van der Waals surface area contributed by atoms with Gasteiger partial charge < -0.3 is 10.6 Å². The summed E-state index contributed by atoms with van der Waals surface area (Å²) in [5, 5.41) is 0. The van der Waals surface area contributed by atoms with Crippen molar-refractivity contribution in [1.29, 1.82) is 0 Å². The molecule has 1 amide bonds. The van der Waals surface area contributed by atoms with Crippen LogP contribution in [0.15, 0.2) is 30.3 Å². The van der Waals surface area contributed by atoms with E-state index in [2.05, 4.69) is 0 Å². The smallest absolute Gasteiger partial charge is 0.227 e.